The zero-order valence-corrected chi connectivity index (χ0v) is 26.5. The van der Waals surface area contributed by atoms with E-state index in [0.717, 1.165) is 5.56 Å². The van der Waals surface area contributed by atoms with Gasteiger partial charge >= 0.3 is 95.6 Å². The predicted octanol–water partition coefficient (Wildman–Crippen LogP) is 2.88. The van der Waals surface area contributed by atoms with Crippen molar-refractivity contribution < 1.29 is 49.9 Å². The number of halogens is 3. The van der Waals surface area contributed by atoms with E-state index in [9.17, 15) is 5.11 Å². The fraction of sp³-hybridized carbons (Fsp3) is 0.281. The molecule has 4 rings (SSSR count). The van der Waals surface area contributed by atoms with Gasteiger partial charge in [0.15, 0.2) is 0 Å². The number of phenolic OH excluding ortho intramolecular Hbond substituents is 1. The molecule has 0 aliphatic heterocycles. The summed E-state index contributed by atoms with van der Waals surface area (Å²) in [5.74, 6) is 0.789. The number of hydrogen-bond donors (Lipinski definition) is 1. The molecule has 0 bridgehead atoms. The average molecular weight is 591 g/mol. The first kappa shape index (κ1) is 35.4. The zero-order chi connectivity index (χ0) is 26.2. The number of phenols is 1. The van der Waals surface area contributed by atoms with Crippen LogP contribution in [0.5, 0.6) is 5.75 Å². The molecule has 0 amide bonds. The van der Waals surface area contributed by atoms with E-state index >= 15 is 0 Å². The summed E-state index contributed by atoms with van der Waals surface area (Å²) in [5, 5.41) is 9.86. The van der Waals surface area contributed by atoms with Crippen LogP contribution in [0.2, 0.25) is 5.02 Å². The minimum atomic E-state index is 0. The molecule has 3 aromatic rings. The Morgan fingerprint density at radius 3 is 1.59 bits per heavy atom. The topological polar surface area (TPSA) is 20.2 Å². The van der Waals surface area contributed by atoms with Gasteiger partial charge in [0, 0.05) is 5.02 Å². The van der Waals surface area contributed by atoms with Crippen molar-refractivity contribution in [3.8, 4) is 5.75 Å². The van der Waals surface area contributed by atoms with Gasteiger partial charge in [-0.05, 0) is 29.2 Å². The van der Waals surface area contributed by atoms with Crippen LogP contribution < -0.4 is 24.8 Å². The SMILES string of the molecule is CC(C)(C)c1cc(O)cc(Cl)c1.CC1=[C-]C(C)C(C)=C1C.[Cl-].[Cl-].[Ti+]=[C](c1ccccc1)c1ccccc1. The van der Waals surface area contributed by atoms with Crippen molar-refractivity contribution in [1.82, 2.24) is 0 Å². The Hall–Kier alpha value is -1.61. The number of allylic oxidation sites excluding steroid dienone is 4. The predicted molar refractivity (Wildman–Crippen MR) is 148 cm³/mol. The minimum absolute atomic E-state index is 0. The average Bonchev–Trinajstić information content (AvgIpc) is 3.04. The summed E-state index contributed by atoms with van der Waals surface area (Å²) in [4.78, 5) is 0. The van der Waals surface area contributed by atoms with Crippen molar-refractivity contribution >= 4 is 15.4 Å². The number of hydrogen-bond acceptors (Lipinski definition) is 1. The molecule has 0 fully saturated rings. The first-order valence-electron chi connectivity index (χ1n) is 11.9. The molecule has 0 spiro atoms. The molecule has 1 nitrogen and oxygen atoms in total. The summed E-state index contributed by atoms with van der Waals surface area (Å²) in [6.45, 7) is 14.9. The van der Waals surface area contributed by atoms with Crippen molar-refractivity contribution in [2.45, 2.75) is 53.9 Å². The van der Waals surface area contributed by atoms with E-state index in [0.29, 0.717) is 10.9 Å². The monoisotopic (exact) mass is 589 g/mol. The number of rotatable bonds is 2. The summed E-state index contributed by atoms with van der Waals surface area (Å²) in [6, 6.07) is 26.1. The molecule has 0 saturated carbocycles. The van der Waals surface area contributed by atoms with Crippen LogP contribution in [0.1, 0.15) is 65.2 Å². The van der Waals surface area contributed by atoms with Gasteiger partial charge in [-0.1, -0.05) is 59.1 Å². The first-order chi connectivity index (χ1) is 16.4. The maximum atomic E-state index is 9.27. The van der Waals surface area contributed by atoms with Crippen LogP contribution in [-0.2, 0) is 25.4 Å². The molecular weight excluding hydrogens is 555 g/mol. The van der Waals surface area contributed by atoms with Crippen LogP contribution in [0.3, 0.4) is 0 Å². The fourth-order valence-corrected chi connectivity index (χ4v) is 4.30. The van der Waals surface area contributed by atoms with Crippen molar-refractivity contribution in [2.75, 3.05) is 0 Å². The van der Waals surface area contributed by atoms with Crippen molar-refractivity contribution in [3.63, 3.8) is 0 Å². The summed E-state index contributed by atoms with van der Waals surface area (Å²) in [6.07, 6.45) is 3.36. The standard InChI is InChI=1S/C13H10.C10H13ClO.C9H13.2ClH.Ti/c1-3-7-12(8-4-1)11-13-9-5-2-6-10-13;1-10(2,3)7-4-8(11)6-9(12)5-7;1-6-5-7(2)9(4)8(6)3;;;/h1-10H;4-6,12H,1-3H3;6H,1-4H3;2*1H;/q;;-1;;;+1/p-2. The third kappa shape index (κ3) is 11.3. The van der Waals surface area contributed by atoms with Crippen LogP contribution >= 0.6 is 11.6 Å². The molecule has 1 aliphatic rings. The second-order valence-electron chi connectivity index (χ2n) is 9.85. The Labute approximate surface area is 252 Å². The van der Waals surface area contributed by atoms with Gasteiger partial charge < -0.3 is 29.9 Å². The van der Waals surface area contributed by atoms with Gasteiger partial charge in [0.2, 0.25) is 0 Å². The van der Waals surface area contributed by atoms with Crippen molar-refractivity contribution in [3.05, 3.63) is 123 Å². The summed E-state index contributed by atoms with van der Waals surface area (Å²) in [5.41, 5.74) is 7.91. The van der Waals surface area contributed by atoms with Crippen LogP contribution in [0.15, 0.2) is 95.6 Å². The van der Waals surface area contributed by atoms with Gasteiger partial charge in [-0.2, -0.15) is 11.1 Å². The molecule has 37 heavy (non-hydrogen) atoms. The normalized spacial score (nSPS) is 14.1. The molecule has 1 aliphatic carbocycles. The van der Waals surface area contributed by atoms with Crippen LogP contribution in [0.25, 0.3) is 0 Å². The van der Waals surface area contributed by atoms with E-state index in [2.05, 4.69) is 123 Å². The summed E-state index contributed by atoms with van der Waals surface area (Å²) < 4.78 is 1.33. The number of benzene rings is 3. The molecule has 3 aromatic carbocycles. The quantitative estimate of drug-likeness (QED) is 0.360. The maximum absolute atomic E-state index is 9.27. The van der Waals surface area contributed by atoms with Gasteiger partial charge in [-0.25, -0.2) is 5.57 Å². The second kappa shape index (κ2) is 16.4. The molecule has 0 aromatic heterocycles. The molecule has 1 unspecified atom stereocenters. The van der Waals surface area contributed by atoms with E-state index in [1.54, 1.807) is 6.07 Å². The van der Waals surface area contributed by atoms with Gasteiger partial charge in [0.25, 0.3) is 0 Å². The van der Waals surface area contributed by atoms with E-state index in [1.807, 2.05) is 18.2 Å². The van der Waals surface area contributed by atoms with E-state index in [1.165, 1.54) is 37.7 Å². The van der Waals surface area contributed by atoms with Crippen LogP contribution in [0, 0.1) is 12.0 Å². The molecule has 1 atom stereocenters. The van der Waals surface area contributed by atoms with Gasteiger partial charge in [-0.3, -0.25) is 6.08 Å². The zero-order valence-electron chi connectivity index (χ0n) is 22.7. The van der Waals surface area contributed by atoms with Gasteiger partial charge in [0.1, 0.15) is 5.75 Å². The molecular formula is C32H36Cl3OTi-2. The van der Waals surface area contributed by atoms with Crippen LogP contribution in [-0.4, -0.2) is 8.92 Å². The Bertz CT molecular complexity index is 1130. The first-order valence-corrected chi connectivity index (χ1v) is 13.0. The van der Waals surface area contributed by atoms with Crippen LogP contribution in [0.4, 0.5) is 0 Å². The second-order valence-corrected chi connectivity index (χ2v) is 11.1. The van der Waals surface area contributed by atoms with E-state index < -0.39 is 0 Å². The Morgan fingerprint density at radius 2 is 1.30 bits per heavy atom. The van der Waals surface area contributed by atoms with Crippen molar-refractivity contribution in [1.29, 1.82) is 0 Å². The third-order valence-corrected chi connectivity index (χ3v) is 7.23. The summed E-state index contributed by atoms with van der Waals surface area (Å²) >= 11 is 7.95. The van der Waals surface area contributed by atoms with Gasteiger partial charge in [-0.15, -0.1) is 6.92 Å². The van der Waals surface area contributed by atoms with Gasteiger partial charge in [0.05, 0.1) is 0 Å². The molecule has 5 heteroatoms. The molecule has 197 valence electrons. The van der Waals surface area contributed by atoms with E-state index in [-0.39, 0.29) is 36.0 Å². The molecule has 1 N–H and O–H groups in total. The van der Waals surface area contributed by atoms with E-state index in [4.69, 9.17) is 11.6 Å². The third-order valence-electron chi connectivity index (χ3n) is 6.11. The summed E-state index contributed by atoms with van der Waals surface area (Å²) in [7, 11) is 0. The Kier molecular flexibility index (Phi) is 15.7. The Balaban J connectivity index is 0.000000523. The fourth-order valence-electron chi connectivity index (χ4n) is 3.55. The molecule has 0 heterocycles. The Morgan fingerprint density at radius 1 is 0.838 bits per heavy atom. The molecule has 0 saturated heterocycles. The molecule has 0 radical (unpaired) electrons. The number of aromatic hydroxyl groups is 1. The van der Waals surface area contributed by atoms with Crippen molar-refractivity contribution in [2.24, 2.45) is 5.92 Å².